The van der Waals surface area contributed by atoms with Gasteiger partial charge in [0, 0.05) is 30.3 Å². The molecule has 0 bridgehead atoms. The lowest BCUT2D eigenvalue weighted by atomic mass is 10.0. The van der Waals surface area contributed by atoms with E-state index < -0.39 is 0 Å². The van der Waals surface area contributed by atoms with Crippen LogP contribution >= 0.6 is 12.2 Å². The second-order valence-corrected chi connectivity index (χ2v) is 7.61. The van der Waals surface area contributed by atoms with Crippen LogP contribution in [-0.4, -0.2) is 14.7 Å². The molecule has 27 heavy (non-hydrogen) atoms. The lowest BCUT2D eigenvalue weighted by Gasteiger charge is -2.29. The summed E-state index contributed by atoms with van der Waals surface area (Å²) < 4.78 is 2.24. The van der Waals surface area contributed by atoms with E-state index in [-0.39, 0.29) is 12.1 Å². The van der Waals surface area contributed by atoms with Gasteiger partial charge in [-0.1, -0.05) is 12.1 Å². The molecule has 0 amide bonds. The molecule has 0 aliphatic carbocycles. The Kier molecular flexibility index (Phi) is 4.48. The van der Waals surface area contributed by atoms with Crippen molar-refractivity contribution >= 4 is 23.0 Å². The van der Waals surface area contributed by atoms with Gasteiger partial charge in [0.2, 0.25) is 0 Å². The SMILES string of the molecule is Cc1ccc(N2C(=S)N[C@H](c3ccccn3)[C@H]2c2ccc(C)n2C)cc1C. The van der Waals surface area contributed by atoms with Crippen molar-refractivity contribution in [3.05, 3.63) is 82.9 Å². The van der Waals surface area contributed by atoms with Gasteiger partial charge in [-0.05, 0) is 80.5 Å². The molecule has 0 radical (unpaired) electrons. The molecule has 4 nitrogen and oxygen atoms in total. The molecule has 0 saturated carbocycles. The van der Waals surface area contributed by atoms with Crippen LogP contribution in [0.25, 0.3) is 0 Å². The Morgan fingerprint density at radius 2 is 1.81 bits per heavy atom. The van der Waals surface area contributed by atoms with Crippen molar-refractivity contribution in [3.8, 4) is 0 Å². The Bertz CT molecular complexity index is 993. The van der Waals surface area contributed by atoms with Crippen molar-refractivity contribution in [1.29, 1.82) is 0 Å². The number of thiocarbonyl (C=S) groups is 1. The third kappa shape index (κ3) is 3.02. The maximum atomic E-state index is 5.78. The lowest BCUT2D eigenvalue weighted by Crippen LogP contribution is -2.30. The summed E-state index contributed by atoms with van der Waals surface area (Å²) in [5.74, 6) is 0. The van der Waals surface area contributed by atoms with Crippen molar-refractivity contribution in [2.75, 3.05) is 4.90 Å². The Hall–Kier alpha value is -2.66. The summed E-state index contributed by atoms with van der Waals surface area (Å²) in [5, 5.41) is 4.25. The minimum absolute atomic E-state index is 0.00620. The van der Waals surface area contributed by atoms with Crippen LogP contribution in [0.2, 0.25) is 0 Å². The summed E-state index contributed by atoms with van der Waals surface area (Å²) >= 11 is 5.78. The molecule has 1 aliphatic heterocycles. The fraction of sp³-hybridized carbons (Fsp3) is 0.273. The zero-order valence-electron chi connectivity index (χ0n) is 16.1. The Balaban J connectivity index is 1.87. The fourth-order valence-electron chi connectivity index (χ4n) is 3.74. The van der Waals surface area contributed by atoms with Gasteiger partial charge in [0.1, 0.15) is 6.04 Å². The Morgan fingerprint density at radius 1 is 1.00 bits per heavy atom. The van der Waals surface area contributed by atoms with Crippen LogP contribution in [-0.2, 0) is 7.05 Å². The fourth-order valence-corrected chi connectivity index (χ4v) is 4.09. The standard InChI is InChI=1S/C22H24N4S/c1-14-8-10-17(13-15(14)2)26-21(19-11-9-16(3)25(19)4)20(24-22(26)27)18-7-5-6-12-23-18/h5-13,20-21H,1-4H3,(H,24,27)/t20-,21-/m1/s1. The molecule has 0 unspecified atom stereocenters. The number of aryl methyl sites for hydroxylation is 3. The van der Waals surface area contributed by atoms with Crippen molar-refractivity contribution in [2.45, 2.75) is 32.9 Å². The van der Waals surface area contributed by atoms with Gasteiger partial charge < -0.3 is 14.8 Å². The smallest absolute Gasteiger partial charge is 0.174 e. The van der Waals surface area contributed by atoms with Gasteiger partial charge in [0.05, 0.1) is 11.7 Å². The maximum Gasteiger partial charge on any atom is 0.174 e. The second-order valence-electron chi connectivity index (χ2n) is 7.22. The number of nitrogens with one attached hydrogen (secondary N) is 1. The summed E-state index contributed by atoms with van der Waals surface area (Å²) in [4.78, 5) is 6.84. The molecule has 1 saturated heterocycles. The van der Waals surface area contributed by atoms with E-state index in [1.165, 1.54) is 22.5 Å². The minimum atomic E-state index is -0.00620. The zero-order chi connectivity index (χ0) is 19.1. The highest BCUT2D eigenvalue weighted by atomic mass is 32.1. The maximum absolute atomic E-state index is 5.78. The summed E-state index contributed by atoms with van der Waals surface area (Å²) in [6.45, 7) is 6.40. The quantitative estimate of drug-likeness (QED) is 0.681. The van der Waals surface area contributed by atoms with E-state index in [0.717, 1.165) is 16.5 Å². The summed E-state index contributed by atoms with van der Waals surface area (Å²) in [6, 6.07) is 16.9. The normalized spacial score (nSPS) is 19.4. The van der Waals surface area contributed by atoms with E-state index in [1.54, 1.807) is 0 Å². The number of nitrogens with zero attached hydrogens (tertiary/aromatic N) is 3. The van der Waals surface area contributed by atoms with E-state index in [4.69, 9.17) is 12.2 Å². The van der Waals surface area contributed by atoms with Crippen molar-refractivity contribution in [3.63, 3.8) is 0 Å². The molecule has 5 heteroatoms. The molecule has 1 aliphatic rings. The largest absolute Gasteiger partial charge is 0.351 e. The van der Waals surface area contributed by atoms with Gasteiger partial charge in [-0.2, -0.15) is 0 Å². The number of aromatic nitrogens is 2. The minimum Gasteiger partial charge on any atom is -0.351 e. The highest BCUT2D eigenvalue weighted by molar-refractivity contribution is 7.80. The van der Waals surface area contributed by atoms with Crippen LogP contribution in [0.4, 0.5) is 5.69 Å². The summed E-state index contributed by atoms with van der Waals surface area (Å²) in [6.07, 6.45) is 1.84. The van der Waals surface area contributed by atoms with Crippen molar-refractivity contribution < 1.29 is 0 Å². The van der Waals surface area contributed by atoms with Gasteiger partial charge in [-0.25, -0.2) is 0 Å². The lowest BCUT2D eigenvalue weighted by molar-refractivity contribution is 0.539. The van der Waals surface area contributed by atoms with E-state index >= 15 is 0 Å². The van der Waals surface area contributed by atoms with Gasteiger partial charge >= 0.3 is 0 Å². The van der Waals surface area contributed by atoms with Crippen molar-refractivity contribution in [1.82, 2.24) is 14.9 Å². The number of pyridine rings is 1. The van der Waals surface area contributed by atoms with Crippen LogP contribution in [0.1, 0.15) is 40.3 Å². The third-order valence-corrected chi connectivity index (χ3v) is 5.90. The molecular formula is C22H24N4S. The molecule has 1 aromatic carbocycles. The highest BCUT2D eigenvalue weighted by Gasteiger charge is 2.42. The molecule has 3 heterocycles. The molecule has 0 spiro atoms. The van der Waals surface area contributed by atoms with Gasteiger partial charge in [0.25, 0.3) is 0 Å². The Labute approximate surface area is 165 Å². The average Bonchev–Trinajstić information content (AvgIpc) is 3.18. The highest BCUT2D eigenvalue weighted by Crippen LogP contribution is 2.42. The van der Waals surface area contributed by atoms with Gasteiger partial charge in [0.15, 0.2) is 5.11 Å². The molecule has 1 fully saturated rings. The molecule has 2 aromatic heterocycles. The first-order valence-corrected chi connectivity index (χ1v) is 9.58. The number of benzene rings is 1. The molecule has 2 atom stereocenters. The van der Waals surface area contributed by atoms with Gasteiger partial charge in [-0.3, -0.25) is 4.98 Å². The van der Waals surface area contributed by atoms with Crippen LogP contribution in [0, 0.1) is 20.8 Å². The van der Waals surface area contributed by atoms with E-state index in [2.05, 4.69) is 84.0 Å². The van der Waals surface area contributed by atoms with E-state index in [9.17, 15) is 0 Å². The first kappa shape index (κ1) is 17.7. The molecule has 138 valence electrons. The number of hydrogen-bond donors (Lipinski definition) is 1. The first-order chi connectivity index (χ1) is 13.0. The Morgan fingerprint density at radius 3 is 2.44 bits per heavy atom. The summed E-state index contributed by atoms with van der Waals surface area (Å²) in [7, 11) is 2.11. The number of rotatable bonds is 3. The topological polar surface area (TPSA) is 33.1 Å². The second kappa shape index (κ2) is 6.82. The first-order valence-electron chi connectivity index (χ1n) is 9.17. The number of anilines is 1. The molecule has 3 aromatic rings. The zero-order valence-corrected chi connectivity index (χ0v) is 16.9. The third-order valence-electron chi connectivity index (χ3n) is 5.58. The average molecular weight is 377 g/mol. The van der Waals surface area contributed by atoms with E-state index in [1.807, 2.05) is 18.3 Å². The van der Waals surface area contributed by atoms with Crippen LogP contribution < -0.4 is 10.2 Å². The van der Waals surface area contributed by atoms with Crippen LogP contribution in [0.15, 0.2) is 54.7 Å². The molecule has 4 rings (SSSR count). The monoisotopic (exact) mass is 376 g/mol. The van der Waals surface area contributed by atoms with Crippen LogP contribution in [0.3, 0.4) is 0 Å². The number of hydrogen-bond acceptors (Lipinski definition) is 2. The molecule has 1 N–H and O–H groups in total. The predicted octanol–water partition coefficient (Wildman–Crippen LogP) is 4.52. The van der Waals surface area contributed by atoms with Crippen LogP contribution in [0.5, 0.6) is 0 Å². The van der Waals surface area contributed by atoms with Crippen molar-refractivity contribution in [2.24, 2.45) is 7.05 Å². The van der Waals surface area contributed by atoms with Gasteiger partial charge in [-0.15, -0.1) is 0 Å². The molecular weight excluding hydrogens is 352 g/mol. The van der Waals surface area contributed by atoms with E-state index in [0.29, 0.717) is 0 Å². The summed E-state index contributed by atoms with van der Waals surface area (Å²) in [5.41, 5.74) is 7.09. The predicted molar refractivity (Wildman–Crippen MR) is 114 cm³/mol.